The third-order valence-electron chi connectivity index (χ3n) is 4.17. The van der Waals surface area contributed by atoms with Crippen molar-refractivity contribution in [3.63, 3.8) is 0 Å². The van der Waals surface area contributed by atoms with Crippen molar-refractivity contribution in [1.29, 1.82) is 0 Å². The fourth-order valence-electron chi connectivity index (χ4n) is 2.58. The molecule has 3 atom stereocenters. The van der Waals surface area contributed by atoms with Crippen LogP contribution in [0.4, 0.5) is 0 Å². The van der Waals surface area contributed by atoms with Gasteiger partial charge in [0.15, 0.2) is 0 Å². The Hall–Kier alpha value is -1.30. The van der Waals surface area contributed by atoms with Gasteiger partial charge in [0.25, 0.3) is 5.91 Å². The monoisotopic (exact) mass is 328 g/mol. The number of hydrogen-bond acceptors (Lipinski definition) is 4. The van der Waals surface area contributed by atoms with E-state index in [1.165, 1.54) is 0 Å². The Kier molecular flexibility index (Phi) is 7.13. The quantitative estimate of drug-likeness (QED) is 0.899. The number of rotatable bonds is 5. The van der Waals surface area contributed by atoms with E-state index >= 15 is 0 Å². The molecule has 5 nitrogen and oxygen atoms in total. The van der Waals surface area contributed by atoms with Crippen LogP contribution in [0.25, 0.3) is 0 Å². The van der Waals surface area contributed by atoms with Gasteiger partial charge in [-0.05, 0) is 37.5 Å². The summed E-state index contributed by atoms with van der Waals surface area (Å²) in [5.74, 6) is 0.833. The molecule has 0 saturated carbocycles. The van der Waals surface area contributed by atoms with E-state index in [1.807, 2.05) is 38.2 Å². The molecule has 0 aromatic heterocycles. The molecule has 0 spiro atoms. The van der Waals surface area contributed by atoms with Gasteiger partial charge in [0.2, 0.25) is 0 Å². The lowest BCUT2D eigenvalue weighted by Gasteiger charge is -2.28. The molecule has 0 bridgehead atoms. The van der Waals surface area contributed by atoms with E-state index in [-0.39, 0.29) is 36.6 Å². The number of nitrogens with two attached hydrogens (primary N) is 1. The summed E-state index contributed by atoms with van der Waals surface area (Å²) in [4.78, 5) is 14.2. The summed E-state index contributed by atoms with van der Waals surface area (Å²) in [7, 11) is 3.45. The number of likely N-dealkylation sites (N-methyl/N-ethyl adjacent to an activating group) is 1. The molecule has 1 aliphatic heterocycles. The summed E-state index contributed by atoms with van der Waals surface area (Å²) in [5.41, 5.74) is 6.66. The average Bonchev–Trinajstić information content (AvgIpc) is 3.02. The SMILES string of the molecule is COc1ccc(C(C)N(C)C(=O)[C@@H]2CC[C@H](CN)O2)cc1.Cl. The Bertz CT molecular complexity index is 481. The highest BCUT2D eigenvalue weighted by atomic mass is 35.5. The summed E-state index contributed by atoms with van der Waals surface area (Å²) in [6, 6.07) is 7.75. The van der Waals surface area contributed by atoms with Crippen LogP contribution in [0, 0.1) is 0 Å². The summed E-state index contributed by atoms with van der Waals surface area (Å²) in [6.45, 7) is 2.48. The first-order valence-corrected chi connectivity index (χ1v) is 7.33. The van der Waals surface area contributed by atoms with Gasteiger partial charge in [0, 0.05) is 13.6 Å². The Morgan fingerprint density at radius 2 is 2.05 bits per heavy atom. The molecule has 22 heavy (non-hydrogen) atoms. The number of ether oxygens (including phenoxy) is 2. The second-order valence-electron chi connectivity index (χ2n) is 5.46. The Morgan fingerprint density at radius 3 is 2.55 bits per heavy atom. The minimum absolute atomic E-state index is 0. The van der Waals surface area contributed by atoms with Crippen molar-refractivity contribution in [1.82, 2.24) is 4.90 Å². The largest absolute Gasteiger partial charge is 0.497 e. The topological polar surface area (TPSA) is 64.8 Å². The summed E-state index contributed by atoms with van der Waals surface area (Å²) in [5, 5.41) is 0. The van der Waals surface area contributed by atoms with Crippen LogP contribution in [0.1, 0.15) is 31.4 Å². The van der Waals surface area contributed by atoms with E-state index in [1.54, 1.807) is 12.0 Å². The number of carbonyl (C=O) groups is 1. The lowest BCUT2D eigenvalue weighted by Crippen LogP contribution is -2.38. The predicted octanol–water partition coefficient (Wildman–Crippen LogP) is 2.14. The fraction of sp³-hybridized carbons (Fsp3) is 0.562. The first-order chi connectivity index (χ1) is 10.1. The molecule has 2 N–H and O–H groups in total. The number of methoxy groups -OCH3 is 1. The molecule has 2 rings (SSSR count). The normalized spacial score (nSPS) is 21.8. The van der Waals surface area contributed by atoms with Crippen LogP contribution in [0.3, 0.4) is 0 Å². The highest BCUT2D eigenvalue weighted by Gasteiger charge is 2.33. The zero-order chi connectivity index (χ0) is 15.4. The van der Waals surface area contributed by atoms with Crippen molar-refractivity contribution in [3.05, 3.63) is 29.8 Å². The smallest absolute Gasteiger partial charge is 0.251 e. The molecule has 1 fully saturated rings. The molecule has 1 saturated heterocycles. The van der Waals surface area contributed by atoms with E-state index in [9.17, 15) is 4.79 Å². The maximum Gasteiger partial charge on any atom is 0.251 e. The molecule has 1 aromatic rings. The minimum Gasteiger partial charge on any atom is -0.497 e. The Morgan fingerprint density at radius 1 is 1.41 bits per heavy atom. The standard InChI is InChI=1S/C16H24N2O3.ClH/c1-11(12-4-6-13(20-3)7-5-12)18(2)16(19)15-9-8-14(10-17)21-15;/h4-7,11,14-15H,8-10,17H2,1-3H3;1H/t11?,14-,15+;/m1./s1. The second-order valence-corrected chi connectivity index (χ2v) is 5.46. The van der Waals surface area contributed by atoms with E-state index < -0.39 is 0 Å². The van der Waals surface area contributed by atoms with Gasteiger partial charge in [-0.25, -0.2) is 0 Å². The lowest BCUT2D eigenvalue weighted by molar-refractivity contribution is -0.143. The number of carbonyl (C=O) groups excluding carboxylic acids is 1. The van der Waals surface area contributed by atoms with Crippen molar-refractivity contribution >= 4 is 18.3 Å². The molecule has 0 aliphatic carbocycles. The lowest BCUT2D eigenvalue weighted by atomic mass is 10.1. The fourth-order valence-corrected chi connectivity index (χ4v) is 2.58. The molecule has 1 unspecified atom stereocenters. The van der Waals surface area contributed by atoms with Gasteiger partial charge in [-0.15, -0.1) is 12.4 Å². The molecular weight excluding hydrogens is 304 g/mol. The zero-order valence-corrected chi connectivity index (χ0v) is 14.1. The number of benzene rings is 1. The molecule has 0 radical (unpaired) electrons. The molecule has 1 aromatic carbocycles. The van der Waals surface area contributed by atoms with Crippen LogP contribution in [0.15, 0.2) is 24.3 Å². The second kappa shape index (κ2) is 8.36. The molecular formula is C16H25ClN2O3. The number of nitrogens with zero attached hydrogens (tertiary/aromatic N) is 1. The van der Waals surface area contributed by atoms with E-state index in [4.69, 9.17) is 15.2 Å². The van der Waals surface area contributed by atoms with Crippen LogP contribution >= 0.6 is 12.4 Å². The summed E-state index contributed by atoms with van der Waals surface area (Å²) >= 11 is 0. The minimum atomic E-state index is -0.357. The molecule has 124 valence electrons. The van der Waals surface area contributed by atoms with Gasteiger partial charge in [-0.1, -0.05) is 12.1 Å². The summed E-state index contributed by atoms with van der Waals surface area (Å²) in [6.07, 6.45) is 1.27. The average molecular weight is 329 g/mol. The predicted molar refractivity (Wildman–Crippen MR) is 88.4 cm³/mol. The first kappa shape index (κ1) is 18.7. The van der Waals surface area contributed by atoms with Crippen LogP contribution in [-0.2, 0) is 9.53 Å². The van der Waals surface area contributed by atoms with Gasteiger partial charge in [0.05, 0.1) is 19.3 Å². The molecule has 1 heterocycles. The van der Waals surface area contributed by atoms with E-state index in [0.29, 0.717) is 6.54 Å². The Balaban J connectivity index is 0.00000242. The number of hydrogen-bond donors (Lipinski definition) is 1. The number of amides is 1. The van der Waals surface area contributed by atoms with E-state index in [0.717, 1.165) is 24.2 Å². The van der Waals surface area contributed by atoms with Gasteiger partial charge in [0.1, 0.15) is 11.9 Å². The van der Waals surface area contributed by atoms with Crippen molar-refractivity contribution in [3.8, 4) is 5.75 Å². The van der Waals surface area contributed by atoms with Crippen LogP contribution in [-0.4, -0.2) is 43.7 Å². The molecule has 6 heteroatoms. The Labute approximate surface area is 138 Å². The highest BCUT2D eigenvalue weighted by molar-refractivity contribution is 5.85. The maximum absolute atomic E-state index is 12.5. The molecule has 1 aliphatic rings. The van der Waals surface area contributed by atoms with Crippen molar-refractivity contribution in [2.45, 2.75) is 38.0 Å². The van der Waals surface area contributed by atoms with Crippen molar-refractivity contribution in [2.75, 3.05) is 20.7 Å². The van der Waals surface area contributed by atoms with Gasteiger partial charge in [-0.2, -0.15) is 0 Å². The van der Waals surface area contributed by atoms with E-state index in [2.05, 4.69) is 0 Å². The maximum atomic E-state index is 12.5. The van der Waals surface area contributed by atoms with Gasteiger partial charge < -0.3 is 20.1 Å². The zero-order valence-electron chi connectivity index (χ0n) is 13.3. The van der Waals surface area contributed by atoms with Crippen molar-refractivity contribution in [2.24, 2.45) is 5.73 Å². The van der Waals surface area contributed by atoms with Crippen molar-refractivity contribution < 1.29 is 14.3 Å². The van der Waals surface area contributed by atoms with Crippen LogP contribution in [0.5, 0.6) is 5.75 Å². The third kappa shape index (κ3) is 4.12. The highest BCUT2D eigenvalue weighted by Crippen LogP contribution is 2.26. The first-order valence-electron chi connectivity index (χ1n) is 7.33. The third-order valence-corrected chi connectivity index (χ3v) is 4.17. The molecule has 1 amide bonds. The van der Waals surface area contributed by atoms with Crippen LogP contribution < -0.4 is 10.5 Å². The van der Waals surface area contributed by atoms with Crippen LogP contribution in [0.2, 0.25) is 0 Å². The summed E-state index contributed by atoms with van der Waals surface area (Å²) < 4.78 is 10.8. The van der Waals surface area contributed by atoms with Gasteiger partial charge >= 0.3 is 0 Å². The number of halogens is 1. The van der Waals surface area contributed by atoms with Gasteiger partial charge in [-0.3, -0.25) is 4.79 Å².